The van der Waals surface area contributed by atoms with Gasteiger partial charge in [0.15, 0.2) is 0 Å². The summed E-state index contributed by atoms with van der Waals surface area (Å²) >= 11 is 1.68. The van der Waals surface area contributed by atoms with Crippen molar-refractivity contribution in [3.8, 4) is 0 Å². The van der Waals surface area contributed by atoms with Crippen molar-refractivity contribution in [3.63, 3.8) is 0 Å². The van der Waals surface area contributed by atoms with Crippen molar-refractivity contribution in [1.29, 1.82) is 0 Å². The zero-order valence-electron chi connectivity index (χ0n) is 11.2. The van der Waals surface area contributed by atoms with Crippen LogP contribution in [0.25, 0.3) is 0 Å². The molecule has 1 aromatic rings. The number of hydrogen-bond donors (Lipinski definition) is 2. The normalized spacial score (nSPS) is 14.2. The van der Waals surface area contributed by atoms with Crippen molar-refractivity contribution in [1.82, 2.24) is 15.3 Å². The predicted molar refractivity (Wildman–Crippen MR) is 73.9 cm³/mol. The average Bonchev–Trinajstić information content (AvgIpc) is 2.79. The fourth-order valence-corrected chi connectivity index (χ4v) is 2.96. The average molecular weight is 256 g/mol. The molecule has 1 aromatic heterocycles. The second-order valence-electron chi connectivity index (χ2n) is 4.68. The molecule has 0 saturated carbocycles. The van der Waals surface area contributed by atoms with Crippen molar-refractivity contribution < 1.29 is 0 Å². The van der Waals surface area contributed by atoms with Crippen molar-refractivity contribution in [2.45, 2.75) is 45.7 Å². The predicted octanol–water partition coefficient (Wildman–Crippen LogP) is 1.64. The van der Waals surface area contributed by atoms with Crippen LogP contribution < -0.4 is 11.3 Å². The highest BCUT2D eigenvalue weighted by atomic mass is 32.1. The molecule has 1 unspecified atom stereocenters. The van der Waals surface area contributed by atoms with Gasteiger partial charge in [-0.3, -0.25) is 16.2 Å². The first kappa shape index (κ1) is 14.6. The van der Waals surface area contributed by atoms with E-state index in [1.165, 1.54) is 0 Å². The first-order valence-corrected chi connectivity index (χ1v) is 7.03. The van der Waals surface area contributed by atoms with Crippen LogP contribution in [0.2, 0.25) is 0 Å². The topological polar surface area (TPSA) is 54.2 Å². The Morgan fingerprint density at radius 1 is 1.47 bits per heavy atom. The molecule has 17 heavy (non-hydrogen) atoms. The van der Waals surface area contributed by atoms with Crippen LogP contribution in [-0.2, 0) is 6.42 Å². The molecule has 1 heterocycles. The van der Waals surface area contributed by atoms with Gasteiger partial charge >= 0.3 is 0 Å². The standard InChI is InChI=1S/C12H24N4S/c1-5-16(6-2)12(3,4)10(15-13)9-11-14-7-8-17-11/h7-8,10,15H,5-6,9,13H2,1-4H3. The van der Waals surface area contributed by atoms with Gasteiger partial charge in [-0.05, 0) is 26.9 Å². The molecule has 0 spiro atoms. The van der Waals surface area contributed by atoms with Crippen molar-refractivity contribution >= 4 is 11.3 Å². The molecule has 1 rings (SSSR count). The van der Waals surface area contributed by atoms with Gasteiger partial charge in [-0.15, -0.1) is 11.3 Å². The second-order valence-corrected chi connectivity index (χ2v) is 5.65. The van der Waals surface area contributed by atoms with Crippen molar-refractivity contribution in [3.05, 3.63) is 16.6 Å². The van der Waals surface area contributed by atoms with Crippen LogP contribution in [-0.4, -0.2) is 34.6 Å². The largest absolute Gasteiger partial charge is 0.297 e. The third-order valence-corrected chi connectivity index (χ3v) is 4.30. The van der Waals surface area contributed by atoms with E-state index in [9.17, 15) is 0 Å². The molecule has 0 saturated heterocycles. The number of nitrogens with one attached hydrogen (secondary N) is 1. The molecule has 98 valence electrons. The minimum Gasteiger partial charge on any atom is -0.297 e. The highest BCUT2D eigenvalue weighted by molar-refractivity contribution is 7.09. The quantitative estimate of drug-likeness (QED) is 0.575. The third kappa shape index (κ3) is 3.48. The van der Waals surface area contributed by atoms with Crippen LogP contribution in [0.3, 0.4) is 0 Å². The molecular weight excluding hydrogens is 232 g/mol. The van der Waals surface area contributed by atoms with E-state index in [1.807, 2.05) is 11.6 Å². The second kappa shape index (κ2) is 6.44. The zero-order chi connectivity index (χ0) is 12.9. The molecule has 5 heteroatoms. The Morgan fingerprint density at radius 3 is 2.53 bits per heavy atom. The highest BCUT2D eigenvalue weighted by Crippen LogP contribution is 2.22. The molecule has 0 aliphatic heterocycles. The summed E-state index contributed by atoms with van der Waals surface area (Å²) in [5, 5.41) is 3.14. The van der Waals surface area contributed by atoms with Crippen molar-refractivity contribution in [2.75, 3.05) is 13.1 Å². The van der Waals surface area contributed by atoms with E-state index < -0.39 is 0 Å². The van der Waals surface area contributed by atoms with E-state index in [0.29, 0.717) is 0 Å². The number of rotatable bonds is 7. The summed E-state index contributed by atoms with van der Waals surface area (Å²) in [6, 6.07) is 0.202. The van der Waals surface area contributed by atoms with E-state index in [1.54, 1.807) is 11.3 Å². The maximum absolute atomic E-state index is 5.72. The maximum Gasteiger partial charge on any atom is 0.0941 e. The minimum atomic E-state index is 0.0178. The van der Waals surface area contributed by atoms with E-state index in [-0.39, 0.29) is 11.6 Å². The molecule has 0 aliphatic rings. The SMILES string of the molecule is CCN(CC)C(C)(C)C(Cc1nccs1)NN. The van der Waals surface area contributed by atoms with Gasteiger partial charge in [0.25, 0.3) is 0 Å². The van der Waals surface area contributed by atoms with Gasteiger partial charge in [-0.1, -0.05) is 13.8 Å². The Hall–Kier alpha value is -0.490. The molecule has 0 aromatic carbocycles. The lowest BCUT2D eigenvalue weighted by Crippen LogP contribution is -2.60. The summed E-state index contributed by atoms with van der Waals surface area (Å²) < 4.78 is 0. The van der Waals surface area contributed by atoms with E-state index in [0.717, 1.165) is 24.5 Å². The first-order chi connectivity index (χ1) is 8.06. The fraction of sp³-hybridized carbons (Fsp3) is 0.750. The van der Waals surface area contributed by atoms with Crippen LogP contribution >= 0.6 is 11.3 Å². The lowest BCUT2D eigenvalue weighted by Gasteiger charge is -2.43. The summed E-state index contributed by atoms with van der Waals surface area (Å²) in [6.07, 6.45) is 2.72. The molecule has 0 aliphatic carbocycles. The summed E-state index contributed by atoms with van der Waals surface area (Å²) in [5.74, 6) is 5.72. The van der Waals surface area contributed by atoms with Gasteiger partial charge in [0, 0.05) is 29.6 Å². The smallest absolute Gasteiger partial charge is 0.0941 e. The molecular formula is C12H24N4S. The number of hydrazine groups is 1. The van der Waals surface area contributed by atoms with Gasteiger partial charge < -0.3 is 0 Å². The Bertz CT molecular complexity index is 306. The maximum atomic E-state index is 5.72. The summed E-state index contributed by atoms with van der Waals surface area (Å²) in [7, 11) is 0. The Balaban J connectivity index is 2.77. The fourth-order valence-electron chi connectivity index (χ4n) is 2.30. The lowest BCUT2D eigenvalue weighted by atomic mass is 9.90. The van der Waals surface area contributed by atoms with Gasteiger partial charge in [0.1, 0.15) is 0 Å². The molecule has 0 amide bonds. The molecule has 1 atom stereocenters. The van der Waals surface area contributed by atoms with Crippen LogP contribution in [0, 0.1) is 0 Å². The third-order valence-electron chi connectivity index (χ3n) is 3.49. The van der Waals surface area contributed by atoms with Gasteiger partial charge in [0.05, 0.1) is 5.01 Å². The Kier molecular flexibility index (Phi) is 5.52. The molecule has 4 nitrogen and oxygen atoms in total. The Labute approximate surface area is 108 Å². The summed E-state index contributed by atoms with van der Waals surface area (Å²) in [4.78, 5) is 6.75. The summed E-state index contributed by atoms with van der Waals surface area (Å²) in [5.41, 5.74) is 2.97. The van der Waals surface area contributed by atoms with Gasteiger partial charge in [-0.2, -0.15) is 0 Å². The number of nitrogens with two attached hydrogens (primary N) is 1. The number of aromatic nitrogens is 1. The first-order valence-electron chi connectivity index (χ1n) is 6.15. The number of likely N-dealkylation sites (N-methyl/N-ethyl adjacent to an activating group) is 1. The zero-order valence-corrected chi connectivity index (χ0v) is 12.0. The molecule has 0 radical (unpaired) electrons. The van der Waals surface area contributed by atoms with Gasteiger partial charge in [-0.25, -0.2) is 4.98 Å². The van der Waals surface area contributed by atoms with E-state index >= 15 is 0 Å². The molecule has 3 N–H and O–H groups in total. The van der Waals surface area contributed by atoms with Gasteiger partial charge in [0.2, 0.25) is 0 Å². The van der Waals surface area contributed by atoms with E-state index in [2.05, 4.69) is 43.0 Å². The van der Waals surface area contributed by atoms with Crippen LogP contribution in [0.15, 0.2) is 11.6 Å². The minimum absolute atomic E-state index is 0.0178. The van der Waals surface area contributed by atoms with Crippen LogP contribution in [0.4, 0.5) is 0 Å². The number of hydrogen-bond acceptors (Lipinski definition) is 5. The van der Waals surface area contributed by atoms with Crippen LogP contribution in [0.5, 0.6) is 0 Å². The van der Waals surface area contributed by atoms with Crippen LogP contribution in [0.1, 0.15) is 32.7 Å². The van der Waals surface area contributed by atoms with E-state index in [4.69, 9.17) is 5.84 Å². The number of thiazole rings is 1. The number of nitrogens with zero attached hydrogens (tertiary/aromatic N) is 2. The highest BCUT2D eigenvalue weighted by Gasteiger charge is 2.33. The molecule has 0 bridgehead atoms. The summed E-state index contributed by atoms with van der Waals surface area (Å²) in [6.45, 7) is 10.9. The van der Waals surface area contributed by atoms with Crippen molar-refractivity contribution in [2.24, 2.45) is 5.84 Å². The lowest BCUT2D eigenvalue weighted by molar-refractivity contribution is 0.0912. The monoisotopic (exact) mass is 256 g/mol. The Morgan fingerprint density at radius 2 is 2.12 bits per heavy atom. The molecule has 0 fully saturated rings.